The van der Waals surface area contributed by atoms with Gasteiger partial charge in [0.2, 0.25) is 5.91 Å². The molecule has 152 valence electrons. The Bertz CT molecular complexity index is 919. The van der Waals surface area contributed by atoms with Gasteiger partial charge in [0.05, 0.1) is 24.0 Å². The average Bonchev–Trinajstić information content (AvgIpc) is 3.26. The molecule has 0 radical (unpaired) electrons. The van der Waals surface area contributed by atoms with Gasteiger partial charge in [-0.15, -0.1) is 0 Å². The fraction of sp³-hybridized carbons (Fsp3) is 0.391. The molecule has 0 saturated heterocycles. The molecule has 4 rings (SSSR count). The summed E-state index contributed by atoms with van der Waals surface area (Å²) in [5.41, 5.74) is 4.41. The highest BCUT2D eigenvalue weighted by molar-refractivity contribution is 6.05. The molecule has 2 aliphatic rings. The van der Waals surface area contributed by atoms with Crippen LogP contribution in [-0.4, -0.2) is 38.1 Å². The Labute approximate surface area is 171 Å². The van der Waals surface area contributed by atoms with Crippen molar-refractivity contribution in [3.05, 3.63) is 48.0 Å². The van der Waals surface area contributed by atoms with Crippen molar-refractivity contribution in [2.75, 3.05) is 29.3 Å². The Morgan fingerprint density at radius 3 is 2.34 bits per heavy atom. The second-order valence-corrected chi connectivity index (χ2v) is 7.82. The average molecular weight is 393 g/mol. The molecule has 29 heavy (non-hydrogen) atoms. The number of anilines is 4. The molecule has 1 N–H and O–H groups in total. The maximum Gasteiger partial charge on any atom is 0.337 e. The fourth-order valence-corrected chi connectivity index (χ4v) is 4.49. The van der Waals surface area contributed by atoms with E-state index in [-0.39, 0.29) is 17.9 Å². The Balaban J connectivity index is 1.64. The smallest absolute Gasteiger partial charge is 0.337 e. The monoisotopic (exact) mass is 393 g/mol. The predicted molar refractivity (Wildman–Crippen MR) is 115 cm³/mol. The van der Waals surface area contributed by atoms with Gasteiger partial charge in [0, 0.05) is 24.5 Å². The van der Waals surface area contributed by atoms with E-state index in [0.717, 1.165) is 35.6 Å². The molecule has 2 aromatic rings. The molecule has 1 unspecified atom stereocenters. The lowest BCUT2D eigenvalue weighted by Gasteiger charge is -2.43. The maximum atomic E-state index is 12.8. The molecule has 0 spiro atoms. The topological polar surface area (TPSA) is 61.9 Å². The molecular weight excluding hydrogens is 366 g/mol. The third-order valence-corrected chi connectivity index (χ3v) is 6.03. The Morgan fingerprint density at radius 2 is 1.69 bits per heavy atom. The van der Waals surface area contributed by atoms with Crippen LogP contribution in [-0.2, 0) is 9.53 Å². The van der Waals surface area contributed by atoms with Crippen molar-refractivity contribution in [2.45, 2.75) is 44.7 Å². The van der Waals surface area contributed by atoms with Crippen LogP contribution in [0, 0.1) is 0 Å². The van der Waals surface area contributed by atoms with E-state index in [1.165, 1.54) is 20.0 Å². The van der Waals surface area contributed by atoms with E-state index in [2.05, 4.69) is 16.3 Å². The fourth-order valence-electron chi connectivity index (χ4n) is 4.49. The SMILES string of the molecule is COC(=O)c1ccc(Nc2ccc3c(c2)N(C2CCCC2)C(C)C(=O)N3C)cc1. The number of hydrogen-bond donors (Lipinski definition) is 1. The molecule has 1 atom stereocenters. The Hall–Kier alpha value is -3.02. The third kappa shape index (κ3) is 3.55. The van der Waals surface area contributed by atoms with Crippen molar-refractivity contribution in [3.63, 3.8) is 0 Å². The third-order valence-electron chi connectivity index (χ3n) is 6.03. The number of methoxy groups -OCH3 is 1. The number of amides is 1. The van der Waals surface area contributed by atoms with Gasteiger partial charge in [-0.05, 0) is 62.2 Å². The van der Waals surface area contributed by atoms with Crippen LogP contribution in [0.25, 0.3) is 0 Å². The van der Waals surface area contributed by atoms with Crippen LogP contribution >= 0.6 is 0 Å². The van der Waals surface area contributed by atoms with Crippen LogP contribution in [0.5, 0.6) is 0 Å². The first kappa shape index (κ1) is 19.3. The number of benzene rings is 2. The number of nitrogens with one attached hydrogen (secondary N) is 1. The summed E-state index contributed by atoms with van der Waals surface area (Å²) in [6, 6.07) is 13.6. The number of likely N-dealkylation sites (N-methyl/N-ethyl adjacent to an activating group) is 1. The number of esters is 1. The Morgan fingerprint density at radius 1 is 1.03 bits per heavy atom. The second-order valence-electron chi connectivity index (χ2n) is 7.82. The predicted octanol–water partition coefficient (Wildman–Crippen LogP) is 4.33. The molecule has 0 aromatic heterocycles. The molecule has 6 nitrogen and oxygen atoms in total. The quantitative estimate of drug-likeness (QED) is 0.784. The lowest BCUT2D eigenvalue weighted by atomic mass is 10.0. The lowest BCUT2D eigenvalue weighted by molar-refractivity contribution is -0.119. The lowest BCUT2D eigenvalue weighted by Crippen LogP contribution is -2.54. The summed E-state index contributed by atoms with van der Waals surface area (Å²) in [5, 5.41) is 3.41. The van der Waals surface area contributed by atoms with Crippen molar-refractivity contribution in [1.82, 2.24) is 0 Å². The molecule has 1 heterocycles. The van der Waals surface area contributed by atoms with Crippen molar-refractivity contribution >= 4 is 34.6 Å². The van der Waals surface area contributed by atoms with E-state index < -0.39 is 0 Å². The van der Waals surface area contributed by atoms with Crippen molar-refractivity contribution in [1.29, 1.82) is 0 Å². The van der Waals surface area contributed by atoms with E-state index >= 15 is 0 Å². The maximum absolute atomic E-state index is 12.8. The molecule has 6 heteroatoms. The largest absolute Gasteiger partial charge is 0.465 e. The minimum atomic E-state index is -0.348. The minimum Gasteiger partial charge on any atom is -0.465 e. The summed E-state index contributed by atoms with van der Waals surface area (Å²) in [4.78, 5) is 28.5. The number of nitrogens with zero attached hydrogens (tertiary/aromatic N) is 2. The summed E-state index contributed by atoms with van der Waals surface area (Å²) in [6.45, 7) is 2.01. The number of carbonyl (C=O) groups is 2. The van der Waals surface area contributed by atoms with Gasteiger partial charge in [-0.3, -0.25) is 4.79 Å². The number of hydrogen-bond acceptors (Lipinski definition) is 5. The highest BCUT2D eigenvalue weighted by Gasteiger charge is 2.38. The van der Waals surface area contributed by atoms with Crippen LogP contribution < -0.4 is 15.1 Å². The van der Waals surface area contributed by atoms with Gasteiger partial charge < -0.3 is 19.9 Å². The first-order chi connectivity index (χ1) is 14.0. The van der Waals surface area contributed by atoms with Crippen LogP contribution in [0.1, 0.15) is 43.0 Å². The molecule has 1 amide bonds. The molecule has 2 aromatic carbocycles. The zero-order chi connectivity index (χ0) is 20.5. The molecule has 0 bridgehead atoms. The van der Waals surface area contributed by atoms with Crippen molar-refractivity contribution in [3.8, 4) is 0 Å². The number of ether oxygens (including phenoxy) is 1. The zero-order valence-corrected chi connectivity index (χ0v) is 17.1. The summed E-state index contributed by atoms with van der Waals surface area (Å²) < 4.78 is 4.75. The minimum absolute atomic E-state index is 0.142. The van der Waals surface area contributed by atoms with E-state index in [0.29, 0.717) is 11.6 Å². The summed E-state index contributed by atoms with van der Waals surface area (Å²) >= 11 is 0. The van der Waals surface area contributed by atoms with E-state index in [1.807, 2.05) is 38.2 Å². The molecule has 1 aliphatic carbocycles. The van der Waals surface area contributed by atoms with Gasteiger partial charge in [-0.25, -0.2) is 4.79 Å². The van der Waals surface area contributed by atoms with Crippen LogP contribution in [0.3, 0.4) is 0 Å². The van der Waals surface area contributed by atoms with Gasteiger partial charge in [-0.1, -0.05) is 12.8 Å². The standard InChI is InChI=1S/C23H27N3O3/c1-15-22(27)25(2)20-13-12-18(14-21(20)26(15)19-6-4-5-7-19)24-17-10-8-16(9-11-17)23(28)29-3/h8-15,19,24H,4-7H2,1-3H3. The first-order valence-corrected chi connectivity index (χ1v) is 10.1. The highest BCUT2D eigenvalue weighted by Crippen LogP contribution is 2.41. The van der Waals surface area contributed by atoms with Crippen LogP contribution in [0.2, 0.25) is 0 Å². The Kier molecular flexibility index (Phi) is 5.18. The van der Waals surface area contributed by atoms with Gasteiger partial charge >= 0.3 is 5.97 Å². The number of carbonyl (C=O) groups excluding carboxylic acids is 2. The van der Waals surface area contributed by atoms with Crippen molar-refractivity contribution < 1.29 is 14.3 Å². The summed E-state index contributed by atoms with van der Waals surface area (Å²) in [7, 11) is 3.22. The van der Waals surface area contributed by atoms with Crippen LogP contribution in [0.15, 0.2) is 42.5 Å². The molecule has 1 fully saturated rings. The number of rotatable bonds is 4. The van der Waals surface area contributed by atoms with Gasteiger partial charge in [0.25, 0.3) is 0 Å². The summed E-state index contributed by atoms with van der Waals surface area (Å²) in [5.74, 6) is -0.206. The number of fused-ring (bicyclic) bond motifs is 1. The van der Waals surface area contributed by atoms with E-state index in [1.54, 1.807) is 17.0 Å². The summed E-state index contributed by atoms with van der Waals surface area (Å²) in [6.07, 6.45) is 4.70. The van der Waals surface area contributed by atoms with Gasteiger partial charge in [-0.2, -0.15) is 0 Å². The first-order valence-electron chi connectivity index (χ1n) is 10.1. The molecule has 1 saturated carbocycles. The van der Waals surface area contributed by atoms with Crippen LogP contribution in [0.4, 0.5) is 22.7 Å². The van der Waals surface area contributed by atoms with Gasteiger partial charge in [0.15, 0.2) is 0 Å². The van der Waals surface area contributed by atoms with Crippen molar-refractivity contribution in [2.24, 2.45) is 0 Å². The van der Waals surface area contributed by atoms with Gasteiger partial charge in [0.1, 0.15) is 6.04 Å². The molecular formula is C23H27N3O3. The van der Waals surface area contributed by atoms with E-state index in [9.17, 15) is 9.59 Å². The van der Waals surface area contributed by atoms with E-state index in [4.69, 9.17) is 4.74 Å². The molecule has 1 aliphatic heterocycles. The normalized spacial score (nSPS) is 19.3. The highest BCUT2D eigenvalue weighted by atomic mass is 16.5. The zero-order valence-electron chi connectivity index (χ0n) is 17.1. The second kappa shape index (κ2) is 7.78.